The standard InChI is InChI=1S/C12H15FO/c1-8-4-3-5-10(11(8)13)12(6-7-12)9(2)14/h3-5,9,14H,6-7H2,1-2H3/t9-/m1/s1. The third-order valence-corrected chi connectivity index (χ3v) is 3.32. The highest BCUT2D eigenvalue weighted by molar-refractivity contribution is 5.37. The zero-order chi connectivity index (χ0) is 10.3. The summed E-state index contributed by atoms with van der Waals surface area (Å²) in [6.07, 6.45) is 1.33. The van der Waals surface area contributed by atoms with E-state index in [2.05, 4.69) is 0 Å². The Kier molecular flexibility index (Phi) is 2.11. The Hall–Kier alpha value is -0.890. The number of benzene rings is 1. The maximum Gasteiger partial charge on any atom is 0.129 e. The van der Waals surface area contributed by atoms with Crippen molar-refractivity contribution in [1.29, 1.82) is 0 Å². The Labute approximate surface area is 83.6 Å². The minimum absolute atomic E-state index is 0.147. The van der Waals surface area contributed by atoms with Crippen LogP contribution in [0.15, 0.2) is 18.2 Å². The smallest absolute Gasteiger partial charge is 0.129 e. The molecule has 0 bridgehead atoms. The van der Waals surface area contributed by atoms with Crippen LogP contribution >= 0.6 is 0 Å². The lowest BCUT2D eigenvalue weighted by Gasteiger charge is -2.20. The lowest BCUT2D eigenvalue weighted by atomic mass is 9.89. The van der Waals surface area contributed by atoms with Gasteiger partial charge in [0.1, 0.15) is 5.82 Å². The van der Waals surface area contributed by atoms with Crippen molar-refractivity contribution in [3.63, 3.8) is 0 Å². The third kappa shape index (κ3) is 1.25. The molecule has 1 nitrogen and oxygen atoms in total. The van der Waals surface area contributed by atoms with Crippen LogP contribution in [0.3, 0.4) is 0 Å². The van der Waals surface area contributed by atoms with E-state index >= 15 is 0 Å². The van der Waals surface area contributed by atoms with Crippen molar-refractivity contribution in [3.8, 4) is 0 Å². The summed E-state index contributed by atoms with van der Waals surface area (Å²) in [5.41, 5.74) is 1.05. The Morgan fingerprint density at radius 2 is 2.07 bits per heavy atom. The van der Waals surface area contributed by atoms with Gasteiger partial charge >= 0.3 is 0 Å². The number of rotatable bonds is 2. The molecule has 0 amide bonds. The summed E-state index contributed by atoms with van der Waals surface area (Å²) >= 11 is 0. The largest absolute Gasteiger partial charge is 0.392 e. The first-order chi connectivity index (χ1) is 6.58. The molecule has 0 aliphatic heterocycles. The average molecular weight is 194 g/mol. The highest BCUT2D eigenvalue weighted by Crippen LogP contribution is 2.51. The minimum atomic E-state index is -0.459. The van der Waals surface area contributed by atoms with E-state index in [-0.39, 0.29) is 11.2 Å². The van der Waals surface area contributed by atoms with Gasteiger partial charge in [0, 0.05) is 5.41 Å². The molecule has 1 aliphatic carbocycles. The number of halogens is 1. The zero-order valence-corrected chi connectivity index (χ0v) is 8.55. The van der Waals surface area contributed by atoms with Crippen molar-refractivity contribution >= 4 is 0 Å². The SMILES string of the molecule is Cc1cccc(C2([C@@H](C)O)CC2)c1F. The van der Waals surface area contributed by atoms with Gasteiger partial charge in [0.05, 0.1) is 6.10 Å². The van der Waals surface area contributed by atoms with Gasteiger partial charge in [-0.15, -0.1) is 0 Å². The van der Waals surface area contributed by atoms with Crippen LogP contribution in [0.1, 0.15) is 30.9 Å². The van der Waals surface area contributed by atoms with Crippen molar-refractivity contribution in [3.05, 3.63) is 35.1 Å². The van der Waals surface area contributed by atoms with E-state index in [9.17, 15) is 9.50 Å². The predicted molar refractivity (Wildman–Crippen MR) is 53.7 cm³/mol. The molecule has 1 aliphatic rings. The van der Waals surface area contributed by atoms with Crippen LogP contribution in [0.5, 0.6) is 0 Å². The van der Waals surface area contributed by atoms with Crippen molar-refractivity contribution in [1.82, 2.24) is 0 Å². The number of hydrogen-bond donors (Lipinski definition) is 1. The summed E-state index contributed by atoms with van der Waals surface area (Å²) < 4.78 is 13.8. The topological polar surface area (TPSA) is 20.2 Å². The summed E-state index contributed by atoms with van der Waals surface area (Å²) in [5.74, 6) is -0.147. The fourth-order valence-corrected chi connectivity index (χ4v) is 2.08. The van der Waals surface area contributed by atoms with Gasteiger partial charge in [0.2, 0.25) is 0 Å². The van der Waals surface area contributed by atoms with E-state index in [1.54, 1.807) is 26.0 Å². The van der Waals surface area contributed by atoms with E-state index < -0.39 is 6.10 Å². The van der Waals surface area contributed by atoms with Crippen molar-refractivity contribution in [2.75, 3.05) is 0 Å². The van der Waals surface area contributed by atoms with E-state index in [1.165, 1.54) is 0 Å². The van der Waals surface area contributed by atoms with Crippen LogP contribution in [0.4, 0.5) is 4.39 Å². The molecule has 0 saturated heterocycles. The van der Waals surface area contributed by atoms with Gasteiger partial charge in [-0.05, 0) is 37.8 Å². The molecule has 2 heteroatoms. The molecule has 1 saturated carbocycles. The molecule has 1 aromatic rings. The van der Waals surface area contributed by atoms with Gasteiger partial charge in [-0.25, -0.2) is 4.39 Å². The second-order valence-corrected chi connectivity index (χ2v) is 4.27. The Balaban J connectivity index is 2.47. The molecule has 1 aromatic carbocycles. The van der Waals surface area contributed by atoms with E-state index in [0.29, 0.717) is 11.1 Å². The van der Waals surface area contributed by atoms with Crippen LogP contribution in [0, 0.1) is 12.7 Å². The van der Waals surface area contributed by atoms with Crippen molar-refractivity contribution in [2.24, 2.45) is 0 Å². The molecule has 2 rings (SSSR count). The Morgan fingerprint density at radius 3 is 2.57 bits per heavy atom. The van der Waals surface area contributed by atoms with Crippen LogP contribution in [0.25, 0.3) is 0 Å². The molecule has 0 spiro atoms. The first-order valence-corrected chi connectivity index (χ1v) is 5.01. The van der Waals surface area contributed by atoms with E-state index in [1.807, 2.05) is 6.07 Å². The van der Waals surface area contributed by atoms with Gasteiger partial charge in [0.25, 0.3) is 0 Å². The fourth-order valence-electron chi connectivity index (χ4n) is 2.08. The Bertz CT molecular complexity index is 353. The monoisotopic (exact) mass is 194 g/mol. The molecule has 1 N–H and O–H groups in total. The molecule has 0 heterocycles. The average Bonchev–Trinajstić information content (AvgIpc) is 2.90. The highest BCUT2D eigenvalue weighted by atomic mass is 19.1. The molecule has 1 fully saturated rings. The summed E-state index contributed by atoms with van der Waals surface area (Å²) in [7, 11) is 0. The molecular weight excluding hydrogens is 179 g/mol. The number of aliphatic hydroxyl groups excluding tert-OH is 1. The molecule has 76 valence electrons. The molecule has 0 radical (unpaired) electrons. The maximum absolute atomic E-state index is 13.8. The second kappa shape index (κ2) is 3.06. The van der Waals surface area contributed by atoms with Crippen molar-refractivity contribution in [2.45, 2.75) is 38.2 Å². The summed E-state index contributed by atoms with van der Waals surface area (Å²) in [6.45, 7) is 3.51. The van der Waals surface area contributed by atoms with Crippen LogP contribution in [-0.2, 0) is 5.41 Å². The van der Waals surface area contributed by atoms with E-state index in [4.69, 9.17) is 0 Å². The lowest BCUT2D eigenvalue weighted by molar-refractivity contribution is 0.148. The molecule has 0 unspecified atom stereocenters. The van der Waals surface area contributed by atoms with Crippen LogP contribution < -0.4 is 0 Å². The second-order valence-electron chi connectivity index (χ2n) is 4.27. The molecule has 1 atom stereocenters. The van der Waals surface area contributed by atoms with Gasteiger partial charge in [0.15, 0.2) is 0 Å². The highest BCUT2D eigenvalue weighted by Gasteiger charge is 2.49. The normalized spacial score (nSPS) is 20.6. The predicted octanol–water partition coefficient (Wildman–Crippen LogP) is 2.55. The minimum Gasteiger partial charge on any atom is -0.392 e. The molecule has 14 heavy (non-hydrogen) atoms. The van der Waals surface area contributed by atoms with Crippen molar-refractivity contribution < 1.29 is 9.50 Å². The summed E-state index contributed by atoms with van der Waals surface area (Å²) in [4.78, 5) is 0. The van der Waals surface area contributed by atoms with Gasteiger partial charge in [-0.3, -0.25) is 0 Å². The van der Waals surface area contributed by atoms with E-state index in [0.717, 1.165) is 12.8 Å². The summed E-state index contributed by atoms with van der Waals surface area (Å²) in [6, 6.07) is 5.41. The number of hydrogen-bond acceptors (Lipinski definition) is 1. The van der Waals surface area contributed by atoms with Crippen LogP contribution in [0.2, 0.25) is 0 Å². The quantitative estimate of drug-likeness (QED) is 0.767. The van der Waals surface area contributed by atoms with Gasteiger partial charge < -0.3 is 5.11 Å². The number of aryl methyl sites for hydroxylation is 1. The lowest BCUT2D eigenvalue weighted by Crippen LogP contribution is -2.24. The summed E-state index contributed by atoms with van der Waals surface area (Å²) in [5, 5.41) is 9.64. The third-order valence-electron chi connectivity index (χ3n) is 3.32. The number of aliphatic hydroxyl groups is 1. The zero-order valence-electron chi connectivity index (χ0n) is 8.55. The molecule has 0 aromatic heterocycles. The van der Waals surface area contributed by atoms with Gasteiger partial charge in [-0.2, -0.15) is 0 Å². The van der Waals surface area contributed by atoms with Gasteiger partial charge in [-0.1, -0.05) is 18.2 Å². The maximum atomic E-state index is 13.8. The first kappa shape index (κ1) is 9.66. The first-order valence-electron chi connectivity index (χ1n) is 5.01. The fraction of sp³-hybridized carbons (Fsp3) is 0.500. The molecular formula is C12H15FO. The Morgan fingerprint density at radius 1 is 1.43 bits per heavy atom. The van der Waals surface area contributed by atoms with Crippen LogP contribution in [-0.4, -0.2) is 11.2 Å².